The fourth-order valence-corrected chi connectivity index (χ4v) is 4.62. The molecule has 0 spiro atoms. The second-order valence-corrected chi connectivity index (χ2v) is 9.22. The number of nitrogens with zero attached hydrogens (tertiary/aromatic N) is 1. The van der Waals surface area contributed by atoms with Gasteiger partial charge in [-0.3, -0.25) is 13.9 Å². The van der Waals surface area contributed by atoms with Gasteiger partial charge in [-0.25, -0.2) is 8.42 Å². The van der Waals surface area contributed by atoms with Crippen LogP contribution >= 0.6 is 11.6 Å². The number of sulfonamides is 1. The first-order chi connectivity index (χ1) is 15.2. The Labute approximate surface area is 192 Å². The predicted molar refractivity (Wildman–Crippen MR) is 127 cm³/mol. The molecule has 0 saturated carbocycles. The third-order valence-electron chi connectivity index (χ3n) is 4.62. The third kappa shape index (κ3) is 5.25. The largest absolute Gasteiger partial charge is 0.322 e. The highest BCUT2D eigenvalue weighted by atomic mass is 35.5. The third-order valence-corrected chi connectivity index (χ3v) is 6.66. The van der Waals surface area contributed by atoms with Crippen LogP contribution < -0.4 is 9.62 Å². The van der Waals surface area contributed by atoms with Crippen LogP contribution in [0.15, 0.2) is 90.3 Å². The fraction of sp³-hybridized carbons (Fsp3) is 0.0833. The van der Waals surface area contributed by atoms with E-state index in [-0.39, 0.29) is 22.8 Å². The van der Waals surface area contributed by atoms with Gasteiger partial charge in [0.15, 0.2) is 5.78 Å². The lowest BCUT2D eigenvalue weighted by molar-refractivity contribution is 0.101. The molecule has 0 fully saturated rings. The molecule has 0 unspecified atom stereocenters. The van der Waals surface area contributed by atoms with Gasteiger partial charge in [0.25, 0.3) is 15.9 Å². The highest BCUT2D eigenvalue weighted by molar-refractivity contribution is 7.92. The van der Waals surface area contributed by atoms with Gasteiger partial charge in [0.1, 0.15) is 0 Å². The molecule has 0 aromatic heterocycles. The molecule has 8 heteroatoms. The van der Waals surface area contributed by atoms with Crippen LogP contribution in [0.1, 0.15) is 27.6 Å². The molecule has 6 nitrogen and oxygen atoms in total. The highest BCUT2D eigenvalue weighted by Crippen LogP contribution is 2.26. The van der Waals surface area contributed by atoms with Crippen LogP contribution in [0.5, 0.6) is 0 Å². The minimum Gasteiger partial charge on any atom is -0.322 e. The Morgan fingerprint density at radius 3 is 2.31 bits per heavy atom. The molecule has 0 aliphatic carbocycles. The second-order valence-electron chi connectivity index (χ2n) is 6.92. The maximum Gasteiger partial charge on any atom is 0.264 e. The van der Waals surface area contributed by atoms with Crippen molar-refractivity contribution in [3.63, 3.8) is 0 Å². The Morgan fingerprint density at radius 2 is 1.66 bits per heavy atom. The number of halogens is 1. The van der Waals surface area contributed by atoms with Gasteiger partial charge < -0.3 is 5.32 Å². The molecule has 164 valence electrons. The van der Waals surface area contributed by atoms with Crippen molar-refractivity contribution >= 4 is 44.7 Å². The van der Waals surface area contributed by atoms with E-state index in [4.69, 9.17) is 11.6 Å². The van der Waals surface area contributed by atoms with Crippen LogP contribution in [0.3, 0.4) is 0 Å². The van der Waals surface area contributed by atoms with Crippen molar-refractivity contribution in [3.8, 4) is 0 Å². The monoisotopic (exact) mass is 468 g/mol. The summed E-state index contributed by atoms with van der Waals surface area (Å²) in [6, 6.07) is 18.7. The van der Waals surface area contributed by atoms with Crippen LogP contribution in [-0.2, 0) is 10.0 Å². The molecule has 0 radical (unpaired) electrons. The zero-order chi connectivity index (χ0) is 23.3. The van der Waals surface area contributed by atoms with E-state index in [9.17, 15) is 18.0 Å². The molecule has 1 amide bonds. The Bertz CT molecular complexity index is 1270. The quantitative estimate of drug-likeness (QED) is 0.365. The zero-order valence-corrected chi connectivity index (χ0v) is 18.9. The molecule has 0 aliphatic heterocycles. The number of Topliss-reactive ketones (excluding diaryl/α,β-unsaturated/α-hetero) is 1. The van der Waals surface area contributed by atoms with Crippen LogP contribution in [0, 0.1) is 0 Å². The summed E-state index contributed by atoms with van der Waals surface area (Å²) < 4.78 is 27.9. The lowest BCUT2D eigenvalue weighted by atomic mass is 10.1. The smallest absolute Gasteiger partial charge is 0.264 e. The summed E-state index contributed by atoms with van der Waals surface area (Å²) in [5.41, 5.74) is 1.48. The number of ketones is 1. The van der Waals surface area contributed by atoms with Gasteiger partial charge in [0.2, 0.25) is 0 Å². The van der Waals surface area contributed by atoms with Gasteiger partial charge >= 0.3 is 0 Å². The van der Waals surface area contributed by atoms with Gasteiger partial charge in [-0.05, 0) is 61.5 Å². The molecule has 3 rings (SSSR count). The number of benzene rings is 3. The number of anilines is 2. The summed E-state index contributed by atoms with van der Waals surface area (Å²) in [5, 5.41) is 3.18. The summed E-state index contributed by atoms with van der Waals surface area (Å²) in [4.78, 5) is 24.3. The Hall–Kier alpha value is -3.42. The van der Waals surface area contributed by atoms with E-state index in [0.717, 1.165) is 0 Å². The molecule has 0 bridgehead atoms. The number of nitrogens with one attached hydrogen (secondary N) is 1. The van der Waals surface area contributed by atoms with Gasteiger partial charge in [0.05, 0.1) is 17.1 Å². The Kier molecular flexibility index (Phi) is 7.12. The average molecular weight is 469 g/mol. The van der Waals surface area contributed by atoms with Crippen molar-refractivity contribution in [2.24, 2.45) is 0 Å². The molecule has 3 aromatic rings. The molecule has 3 aromatic carbocycles. The van der Waals surface area contributed by atoms with Crippen LogP contribution in [0.4, 0.5) is 11.4 Å². The van der Waals surface area contributed by atoms with E-state index in [0.29, 0.717) is 22.0 Å². The number of hydrogen-bond acceptors (Lipinski definition) is 4. The van der Waals surface area contributed by atoms with Crippen LogP contribution in [0.25, 0.3) is 0 Å². The predicted octanol–water partition coefficient (Wildman–Crippen LogP) is 5.18. The van der Waals surface area contributed by atoms with E-state index >= 15 is 0 Å². The van der Waals surface area contributed by atoms with Crippen molar-refractivity contribution in [3.05, 3.63) is 102 Å². The number of carbonyl (C=O) groups excluding carboxylic acids is 2. The van der Waals surface area contributed by atoms with Crippen molar-refractivity contribution in [2.75, 3.05) is 16.2 Å². The van der Waals surface area contributed by atoms with Crippen molar-refractivity contribution in [2.45, 2.75) is 11.8 Å². The summed E-state index contributed by atoms with van der Waals surface area (Å²) in [5.74, 6) is -0.622. The average Bonchev–Trinajstić information content (AvgIpc) is 2.78. The highest BCUT2D eigenvalue weighted by Gasteiger charge is 2.25. The van der Waals surface area contributed by atoms with E-state index in [1.54, 1.807) is 48.5 Å². The first-order valence-electron chi connectivity index (χ1n) is 9.64. The molecule has 0 saturated heterocycles. The van der Waals surface area contributed by atoms with Gasteiger partial charge in [-0.1, -0.05) is 35.9 Å². The number of amides is 1. The standard InChI is InChI=1S/C24H21ClN2O4S/c1-3-14-27(22-12-10-20(25)11-13-22)32(30,31)23-9-5-7-19(16-23)24(29)26-21-8-4-6-18(15-21)17(2)28/h3-13,15-16H,1,14H2,2H3,(H,26,29). The topological polar surface area (TPSA) is 83.6 Å². The summed E-state index contributed by atoms with van der Waals surface area (Å²) in [7, 11) is -3.98. The maximum absolute atomic E-state index is 13.3. The molecule has 0 atom stereocenters. The van der Waals surface area contributed by atoms with E-state index in [1.165, 1.54) is 41.6 Å². The minimum absolute atomic E-state index is 0.0399. The maximum atomic E-state index is 13.3. The Balaban J connectivity index is 1.91. The number of rotatable bonds is 8. The second kappa shape index (κ2) is 9.80. The van der Waals surface area contributed by atoms with Crippen LogP contribution in [-0.4, -0.2) is 26.7 Å². The zero-order valence-electron chi connectivity index (χ0n) is 17.3. The molecule has 32 heavy (non-hydrogen) atoms. The fourth-order valence-electron chi connectivity index (χ4n) is 3.01. The Morgan fingerprint density at radius 1 is 1.00 bits per heavy atom. The summed E-state index contributed by atoms with van der Waals surface area (Å²) in [6.45, 7) is 5.12. The van der Waals surface area contributed by atoms with E-state index in [1.807, 2.05) is 0 Å². The normalized spacial score (nSPS) is 10.9. The molecule has 0 heterocycles. The van der Waals surface area contributed by atoms with Gasteiger partial charge in [-0.2, -0.15) is 0 Å². The van der Waals surface area contributed by atoms with E-state index < -0.39 is 15.9 Å². The van der Waals surface area contributed by atoms with Gasteiger partial charge in [0, 0.05) is 21.8 Å². The molecular formula is C24H21ClN2O4S. The van der Waals surface area contributed by atoms with Crippen molar-refractivity contribution in [1.29, 1.82) is 0 Å². The lowest BCUT2D eigenvalue weighted by Crippen LogP contribution is -2.31. The number of hydrogen-bond donors (Lipinski definition) is 1. The molecule has 1 N–H and O–H groups in total. The summed E-state index contributed by atoms with van der Waals surface area (Å²) in [6.07, 6.45) is 1.48. The first-order valence-corrected chi connectivity index (χ1v) is 11.5. The first kappa shape index (κ1) is 23.2. The van der Waals surface area contributed by atoms with E-state index in [2.05, 4.69) is 11.9 Å². The van der Waals surface area contributed by atoms with Crippen molar-refractivity contribution < 1.29 is 18.0 Å². The van der Waals surface area contributed by atoms with Crippen molar-refractivity contribution in [1.82, 2.24) is 0 Å². The molecule has 0 aliphatic rings. The SMILES string of the molecule is C=CCN(c1ccc(Cl)cc1)S(=O)(=O)c1cccc(C(=O)Nc2cccc(C(C)=O)c2)c1. The van der Waals surface area contributed by atoms with Gasteiger partial charge in [-0.15, -0.1) is 6.58 Å². The number of carbonyl (C=O) groups is 2. The lowest BCUT2D eigenvalue weighted by Gasteiger charge is -2.23. The van der Waals surface area contributed by atoms with Crippen LogP contribution in [0.2, 0.25) is 5.02 Å². The summed E-state index contributed by atoms with van der Waals surface area (Å²) >= 11 is 5.92. The molecular weight excluding hydrogens is 448 g/mol. The minimum atomic E-state index is -3.98.